The molecule has 8 heteroatoms. The standard InChI is InChI=1S/C26H26N4O2S2/c27-23(25(31)29-21-11-9-17-5-1-3-7-19(17)13-21)15-33-34-16-24(28)26(32)30-22-12-10-18-6-2-4-8-20(18)14-22/h1-14,23-24H,15-16,27-28H2,(H,29,31)(H,30,32)/p+2/t23-,24-/m1/s1. The normalized spacial score (nSPS) is 12.9. The Morgan fingerprint density at radius 1 is 0.618 bits per heavy atom. The number of fused-ring (bicyclic) bond motifs is 2. The molecule has 6 nitrogen and oxygen atoms in total. The van der Waals surface area contributed by atoms with E-state index in [4.69, 9.17) is 0 Å². The first-order valence-electron chi connectivity index (χ1n) is 11.0. The van der Waals surface area contributed by atoms with Crippen LogP contribution in [0, 0.1) is 0 Å². The van der Waals surface area contributed by atoms with Gasteiger partial charge in [-0.05, 0) is 45.8 Å². The molecule has 4 rings (SSSR count). The first-order valence-corrected chi connectivity index (χ1v) is 13.5. The van der Waals surface area contributed by atoms with Crippen LogP contribution in [0.4, 0.5) is 11.4 Å². The molecule has 0 heterocycles. The zero-order chi connectivity index (χ0) is 23.9. The number of amides is 2. The minimum absolute atomic E-state index is 0.122. The van der Waals surface area contributed by atoms with Crippen LogP contribution in [0.15, 0.2) is 84.9 Å². The fourth-order valence-electron chi connectivity index (χ4n) is 3.43. The lowest BCUT2D eigenvalue weighted by molar-refractivity contribution is -0.395. The highest BCUT2D eigenvalue weighted by Crippen LogP contribution is 2.24. The van der Waals surface area contributed by atoms with E-state index in [1.165, 1.54) is 21.6 Å². The molecule has 8 N–H and O–H groups in total. The highest BCUT2D eigenvalue weighted by Gasteiger charge is 2.21. The molecule has 0 aliphatic rings. The lowest BCUT2D eigenvalue weighted by Crippen LogP contribution is -2.68. The third kappa shape index (κ3) is 6.30. The van der Waals surface area contributed by atoms with E-state index in [1.54, 1.807) is 0 Å². The first kappa shape index (κ1) is 24.1. The van der Waals surface area contributed by atoms with Crippen LogP contribution >= 0.6 is 21.6 Å². The molecule has 2 atom stereocenters. The third-order valence-electron chi connectivity index (χ3n) is 5.40. The summed E-state index contributed by atoms with van der Waals surface area (Å²) in [4.78, 5) is 25.0. The van der Waals surface area contributed by atoms with Crippen LogP contribution in [0.25, 0.3) is 21.5 Å². The van der Waals surface area contributed by atoms with Crippen LogP contribution in [-0.4, -0.2) is 35.4 Å². The van der Waals surface area contributed by atoms with E-state index in [1.807, 2.05) is 84.9 Å². The van der Waals surface area contributed by atoms with Gasteiger partial charge in [-0.1, -0.05) is 82.3 Å². The maximum atomic E-state index is 12.5. The van der Waals surface area contributed by atoms with Gasteiger partial charge in [0.05, 0.1) is 11.5 Å². The van der Waals surface area contributed by atoms with Crippen molar-refractivity contribution in [3.63, 3.8) is 0 Å². The Balaban J connectivity index is 1.19. The van der Waals surface area contributed by atoms with Crippen molar-refractivity contribution in [2.24, 2.45) is 0 Å². The van der Waals surface area contributed by atoms with Gasteiger partial charge in [-0.2, -0.15) is 0 Å². The number of quaternary nitrogens is 2. The van der Waals surface area contributed by atoms with Crippen molar-refractivity contribution in [1.29, 1.82) is 0 Å². The van der Waals surface area contributed by atoms with Crippen molar-refractivity contribution in [3.8, 4) is 0 Å². The van der Waals surface area contributed by atoms with E-state index in [0.717, 1.165) is 32.9 Å². The number of rotatable bonds is 9. The Morgan fingerprint density at radius 2 is 1.00 bits per heavy atom. The molecule has 0 saturated carbocycles. The minimum Gasteiger partial charge on any atom is -0.347 e. The molecule has 174 valence electrons. The molecule has 34 heavy (non-hydrogen) atoms. The van der Waals surface area contributed by atoms with Gasteiger partial charge < -0.3 is 22.1 Å². The number of benzene rings is 4. The number of anilines is 2. The first-order chi connectivity index (χ1) is 16.5. The Bertz CT molecular complexity index is 1210. The Labute approximate surface area is 206 Å². The van der Waals surface area contributed by atoms with Crippen molar-refractivity contribution < 1.29 is 21.1 Å². The van der Waals surface area contributed by atoms with Crippen LogP contribution in [0.3, 0.4) is 0 Å². The molecule has 0 bridgehead atoms. The lowest BCUT2D eigenvalue weighted by Gasteiger charge is -2.12. The number of hydrogen-bond acceptors (Lipinski definition) is 4. The predicted molar refractivity (Wildman–Crippen MR) is 143 cm³/mol. The molecule has 0 fully saturated rings. The molecule has 0 aliphatic heterocycles. The van der Waals surface area contributed by atoms with Gasteiger partial charge in [0.15, 0.2) is 12.1 Å². The Morgan fingerprint density at radius 3 is 1.41 bits per heavy atom. The molecule has 0 unspecified atom stereocenters. The van der Waals surface area contributed by atoms with Crippen LogP contribution in [-0.2, 0) is 9.59 Å². The molecular formula is C26H28N4O2S2+2. The fourth-order valence-corrected chi connectivity index (χ4v) is 5.82. The Kier molecular flexibility index (Phi) is 8.08. The molecule has 0 spiro atoms. The third-order valence-corrected chi connectivity index (χ3v) is 7.96. The van der Waals surface area contributed by atoms with Gasteiger partial charge in [0.2, 0.25) is 0 Å². The largest absolute Gasteiger partial charge is 0.347 e. The van der Waals surface area contributed by atoms with E-state index in [2.05, 4.69) is 22.1 Å². The van der Waals surface area contributed by atoms with Crippen LogP contribution in [0.2, 0.25) is 0 Å². The molecule has 4 aromatic rings. The summed E-state index contributed by atoms with van der Waals surface area (Å²) in [5, 5.41) is 10.3. The fraction of sp³-hybridized carbons (Fsp3) is 0.154. The van der Waals surface area contributed by atoms with Gasteiger partial charge in [-0.3, -0.25) is 9.59 Å². The van der Waals surface area contributed by atoms with Gasteiger partial charge in [0.25, 0.3) is 11.8 Å². The number of nitrogens with one attached hydrogen (secondary N) is 2. The summed E-state index contributed by atoms with van der Waals surface area (Å²) in [5.41, 5.74) is 9.50. The van der Waals surface area contributed by atoms with Crippen molar-refractivity contribution in [2.45, 2.75) is 12.1 Å². The topological polar surface area (TPSA) is 113 Å². The second-order valence-electron chi connectivity index (χ2n) is 8.07. The molecule has 2 amide bonds. The summed E-state index contributed by atoms with van der Waals surface area (Å²) in [6, 6.07) is 26.9. The van der Waals surface area contributed by atoms with Gasteiger partial charge in [0.1, 0.15) is 0 Å². The number of carbonyl (C=O) groups is 2. The summed E-state index contributed by atoms with van der Waals surface area (Å²) >= 11 is 0. The maximum Gasteiger partial charge on any atom is 0.283 e. The minimum atomic E-state index is -0.404. The quantitative estimate of drug-likeness (QED) is 0.212. The molecule has 0 radical (unpaired) electrons. The summed E-state index contributed by atoms with van der Waals surface area (Å²) in [6.45, 7) is 0. The smallest absolute Gasteiger partial charge is 0.283 e. The van der Waals surface area contributed by atoms with Crippen molar-refractivity contribution in [1.82, 2.24) is 0 Å². The molecule has 4 aromatic carbocycles. The monoisotopic (exact) mass is 492 g/mol. The summed E-state index contributed by atoms with van der Waals surface area (Å²) in [7, 11) is 3.06. The molecule has 0 aliphatic carbocycles. The van der Waals surface area contributed by atoms with Gasteiger partial charge in [0, 0.05) is 11.4 Å². The maximum absolute atomic E-state index is 12.5. The second kappa shape index (κ2) is 11.4. The van der Waals surface area contributed by atoms with E-state index in [-0.39, 0.29) is 11.8 Å². The highest BCUT2D eigenvalue weighted by molar-refractivity contribution is 8.76. The number of carbonyl (C=O) groups excluding carboxylic acids is 2. The van der Waals surface area contributed by atoms with Gasteiger partial charge in [-0.15, -0.1) is 0 Å². The lowest BCUT2D eigenvalue weighted by atomic mass is 10.1. The van der Waals surface area contributed by atoms with Crippen molar-refractivity contribution in [3.05, 3.63) is 84.9 Å². The second-order valence-corrected chi connectivity index (χ2v) is 10.6. The van der Waals surface area contributed by atoms with E-state index in [0.29, 0.717) is 11.5 Å². The van der Waals surface area contributed by atoms with Crippen LogP contribution in [0.1, 0.15) is 0 Å². The average Bonchev–Trinajstić information content (AvgIpc) is 2.86. The SMILES string of the molecule is [NH3+][C@H](CSSC[C@@H]([NH3+])C(=O)Nc1ccc2ccccc2c1)C(=O)Nc1ccc2ccccc2c1. The van der Waals surface area contributed by atoms with E-state index >= 15 is 0 Å². The zero-order valence-electron chi connectivity index (χ0n) is 18.7. The van der Waals surface area contributed by atoms with Crippen molar-refractivity contribution in [2.75, 3.05) is 22.1 Å². The molecular weight excluding hydrogens is 464 g/mol. The summed E-state index contributed by atoms with van der Waals surface area (Å²) in [6.07, 6.45) is 0. The predicted octanol–water partition coefficient (Wildman–Crippen LogP) is 3.17. The highest BCUT2D eigenvalue weighted by atomic mass is 33.1. The molecule has 0 aromatic heterocycles. The van der Waals surface area contributed by atoms with Crippen LogP contribution < -0.4 is 22.1 Å². The zero-order valence-corrected chi connectivity index (χ0v) is 20.3. The van der Waals surface area contributed by atoms with Gasteiger partial charge in [-0.25, -0.2) is 0 Å². The summed E-state index contributed by atoms with van der Waals surface area (Å²) < 4.78 is 0. The van der Waals surface area contributed by atoms with Crippen LogP contribution in [0.5, 0.6) is 0 Å². The van der Waals surface area contributed by atoms with Crippen molar-refractivity contribution >= 4 is 66.3 Å². The van der Waals surface area contributed by atoms with E-state index < -0.39 is 12.1 Å². The molecule has 0 saturated heterocycles. The summed E-state index contributed by atoms with van der Waals surface area (Å²) in [5.74, 6) is 0.846. The Hall–Kier alpha value is -3.04. The number of hydrogen-bond donors (Lipinski definition) is 4. The van der Waals surface area contributed by atoms with Gasteiger partial charge >= 0.3 is 0 Å². The average molecular weight is 493 g/mol. The van der Waals surface area contributed by atoms with E-state index in [9.17, 15) is 9.59 Å².